The Morgan fingerprint density at radius 1 is 1.40 bits per heavy atom. The lowest BCUT2D eigenvalue weighted by molar-refractivity contribution is -0.128. The minimum Gasteiger partial charge on any atom is -0.448 e. The van der Waals surface area contributed by atoms with Crippen molar-refractivity contribution in [2.24, 2.45) is 7.05 Å². The average Bonchev–Trinajstić information content (AvgIpc) is 2.96. The number of carbonyl (C=O) groups is 2. The third-order valence-electron chi connectivity index (χ3n) is 3.61. The van der Waals surface area contributed by atoms with Crippen LogP contribution in [0, 0.1) is 0 Å². The summed E-state index contributed by atoms with van der Waals surface area (Å²) in [5.41, 5.74) is 0.0501. The molecule has 140 valence electrons. The molecule has 25 heavy (non-hydrogen) atoms. The molecule has 0 fully saturated rings. The molecule has 1 unspecified atom stereocenters. The van der Waals surface area contributed by atoms with E-state index < -0.39 is 28.0 Å². The number of hydrogen-bond acceptors (Lipinski definition) is 5. The van der Waals surface area contributed by atoms with E-state index in [-0.39, 0.29) is 17.1 Å². The third kappa shape index (κ3) is 4.93. The summed E-state index contributed by atoms with van der Waals surface area (Å²) in [7, 11) is -2.14. The summed E-state index contributed by atoms with van der Waals surface area (Å²) in [5, 5.41) is 2.52. The van der Waals surface area contributed by atoms with Crippen LogP contribution in [-0.4, -0.2) is 54.9 Å². The van der Waals surface area contributed by atoms with Crippen molar-refractivity contribution in [1.29, 1.82) is 0 Å². The number of amides is 1. The predicted molar refractivity (Wildman–Crippen MR) is 93.6 cm³/mol. The summed E-state index contributed by atoms with van der Waals surface area (Å²) in [4.78, 5) is 24.0. The van der Waals surface area contributed by atoms with Crippen molar-refractivity contribution in [3.8, 4) is 0 Å². The number of aryl methyl sites for hydroxylation is 1. The fourth-order valence-corrected chi connectivity index (χ4v) is 3.71. The van der Waals surface area contributed by atoms with Gasteiger partial charge in [-0.2, -0.15) is 4.31 Å². The van der Waals surface area contributed by atoms with Crippen LogP contribution in [0.5, 0.6) is 0 Å². The van der Waals surface area contributed by atoms with Crippen molar-refractivity contribution in [1.82, 2.24) is 14.2 Å². The van der Waals surface area contributed by atoms with E-state index in [4.69, 9.17) is 4.74 Å². The lowest BCUT2D eigenvalue weighted by Crippen LogP contribution is -2.36. The van der Waals surface area contributed by atoms with Crippen molar-refractivity contribution >= 4 is 21.9 Å². The Balaban J connectivity index is 2.97. The van der Waals surface area contributed by atoms with Crippen molar-refractivity contribution in [2.45, 2.75) is 31.8 Å². The lowest BCUT2D eigenvalue weighted by atomic mass is 10.3. The zero-order chi connectivity index (χ0) is 19.2. The highest BCUT2D eigenvalue weighted by Gasteiger charge is 2.27. The molecule has 9 heteroatoms. The number of nitrogens with zero attached hydrogens (tertiary/aromatic N) is 2. The molecule has 0 saturated heterocycles. The van der Waals surface area contributed by atoms with Gasteiger partial charge in [0.1, 0.15) is 10.6 Å². The van der Waals surface area contributed by atoms with Gasteiger partial charge in [-0.15, -0.1) is 6.58 Å². The number of nitrogens with one attached hydrogen (secondary N) is 1. The summed E-state index contributed by atoms with van der Waals surface area (Å²) >= 11 is 0. The first-order valence-corrected chi connectivity index (χ1v) is 9.39. The van der Waals surface area contributed by atoms with Gasteiger partial charge in [0, 0.05) is 32.9 Å². The number of carbonyl (C=O) groups excluding carboxylic acids is 2. The number of hydrogen-bond donors (Lipinski definition) is 1. The second kappa shape index (κ2) is 8.82. The van der Waals surface area contributed by atoms with Crippen molar-refractivity contribution in [3.63, 3.8) is 0 Å². The maximum absolute atomic E-state index is 12.5. The zero-order valence-corrected chi connectivity index (χ0v) is 15.8. The Kier molecular flexibility index (Phi) is 7.38. The summed E-state index contributed by atoms with van der Waals surface area (Å²) < 4.78 is 32.8. The van der Waals surface area contributed by atoms with Crippen LogP contribution in [0.25, 0.3) is 0 Å². The van der Waals surface area contributed by atoms with Gasteiger partial charge in [0.15, 0.2) is 6.10 Å². The van der Waals surface area contributed by atoms with Gasteiger partial charge < -0.3 is 14.6 Å². The fourth-order valence-electron chi connectivity index (χ4n) is 2.18. The highest BCUT2D eigenvalue weighted by Crippen LogP contribution is 2.19. The second-order valence-corrected chi connectivity index (χ2v) is 7.28. The second-order valence-electron chi connectivity index (χ2n) is 5.34. The topological polar surface area (TPSA) is 97.7 Å². The highest BCUT2D eigenvalue weighted by atomic mass is 32.2. The molecule has 0 saturated carbocycles. The lowest BCUT2D eigenvalue weighted by Gasteiger charge is -2.17. The largest absolute Gasteiger partial charge is 0.448 e. The quantitative estimate of drug-likeness (QED) is 0.514. The fraction of sp³-hybridized carbons (Fsp3) is 0.500. The van der Waals surface area contributed by atoms with Crippen LogP contribution in [0.1, 0.15) is 31.3 Å². The maximum Gasteiger partial charge on any atom is 0.355 e. The number of ether oxygens (including phenoxy) is 1. The van der Waals surface area contributed by atoms with E-state index in [1.165, 1.54) is 34.1 Å². The first-order chi connectivity index (χ1) is 11.7. The minimum atomic E-state index is -3.68. The molecule has 1 N–H and O–H groups in total. The van der Waals surface area contributed by atoms with Crippen LogP contribution in [0.2, 0.25) is 0 Å². The molecular formula is C16H25N3O5S. The molecule has 0 aliphatic carbocycles. The van der Waals surface area contributed by atoms with Gasteiger partial charge in [-0.05, 0) is 13.0 Å². The molecular weight excluding hydrogens is 346 g/mol. The van der Waals surface area contributed by atoms with Crippen molar-refractivity contribution in [3.05, 3.63) is 30.6 Å². The van der Waals surface area contributed by atoms with Gasteiger partial charge in [0.25, 0.3) is 5.91 Å². The highest BCUT2D eigenvalue weighted by molar-refractivity contribution is 7.89. The summed E-state index contributed by atoms with van der Waals surface area (Å²) in [5.74, 6) is -1.23. The minimum absolute atomic E-state index is 0.00871. The summed E-state index contributed by atoms with van der Waals surface area (Å²) in [6, 6.07) is 1.25. The molecule has 1 aromatic heterocycles. The maximum atomic E-state index is 12.5. The number of sulfonamides is 1. The van der Waals surface area contributed by atoms with E-state index in [2.05, 4.69) is 11.9 Å². The standard InChI is InChI=1S/C16H25N3O5S/c1-6-9-17-15(20)12(4)24-16(21)14-10-13(11-18(14)5)25(22,23)19(7-2)8-3/h6,10-12H,1,7-9H2,2-5H3,(H,17,20). The molecule has 1 rings (SSSR count). The van der Waals surface area contributed by atoms with E-state index in [1.807, 2.05) is 0 Å². The molecule has 1 aromatic rings. The first-order valence-electron chi connectivity index (χ1n) is 7.95. The van der Waals surface area contributed by atoms with Crippen LogP contribution >= 0.6 is 0 Å². The number of aromatic nitrogens is 1. The van der Waals surface area contributed by atoms with Crippen LogP contribution in [0.3, 0.4) is 0 Å². The van der Waals surface area contributed by atoms with Gasteiger partial charge in [0.05, 0.1) is 0 Å². The first kappa shape index (κ1) is 20.9. The van der Waals surface area contributed by atoms with Crippen LogP contribution in [0.4, 0.5) is 0 Å². The monoisotopic (exact) mass is 371 g/mol. The smallest absolute Gasteiger partial charge is 0.355 e. The SMILES string of the molecule is C=CCNC(=O)C(C)OC(=O)c1cc(S(=O)(=O)N(CC)CC)cn1C. The summed E-state index contributed by atoms with van der Waals surface area (Å²) in [6.45, 7) is 9.31. The van der Waals surface area contributed by atoms with Crippen LogP contribution in [-0.2, 0) is 26.6 Å². The van der Waals surface area contributed by atoms with E-state index in [0.29, 0.717) is 13.1 Å². The average molecular weight is 371 g/mol. The molecule has 0 spiro atoms. The molecule has 0 aromatic carbocycles. The molecule has 1 atom stereocenters. The molecule has 8 nitrogen and oxygen atoms in total. The van der Waals surface area contributed by atoms with Crippen molar-refractivity contribution < 1.29 is 22.7 Å². The van der Waals surface area contributed by atoms with E-state index >= 15 is 0 Å². The number of esters is 1. The number of rotatable bonds is 9. The van der Waals surface area contributed by atoms with Gasteiger partial charge >= 0.3 is 5.97 Å². The zero-order valence-electron chi connectivity index (χ0n) is 15.0. The molecule has 0 aliphatic rings. The van der Waals surface area contributed by atoms with Gasteiger partial charge in [-0.1, -0.05) is 19.9 Å². The van der Waals surface area contributed by atoms with Crippen LogP contribution < -0.4 is 5.32 Å². The van der Waals surface area contributed by atoms with Gasteiger partial charge in [-0.3, -0.25) is 4.79 Å². The molecule has 0 bridgehead atoms. The summed E-state index contributed by atoms with van der Waals surface area (Å²) in [6.07, 6.45) is 1.85. The Morgan fingerprint density at radius 2 is 2.00 bits per heavy atom. The Morgan fingerprint density at radius 3 is 2.52 bits per heavy atom. The van der Waals surface area contributed by atoms with E-state index in [0.717, 1.165) is 0 Å². The predicted octanol–water partition coefficient (Wildman–Crippen LogP) is 0.903. The molecule has 0 radical (unpaired) electrons. The van der Waals surface area contributed by atoms with E-state index in [1.54, 1.807) is 20.9 Å². The Hall–Kier alpha value is -2.13. The van der Waals surface area contributed by atoms with Crippen molar-refractivity contribution in [2.75, 3.05) is 19.6 Å². The van der Waals surface area contributed by atoms with Gasteiger partial charge in [-0.25, -0.2) is 13.2 Å². The Bertz CT molecular complexity index is 735. The molecule has 0 aliphatic heterocycles. The molecule has 1 amide bonds. The normalized spacial score (nSPS) is 12.7. The van der Waals surface area contributed by atoms with Crippen LogP contribution in [0.15, 0.2) is 29.8 Å². The van der Waals surface area contributed by atoms with Gasteiger partial charge in [0.2, 0.25) is 10.0 Å². The third-order valence-corrected chi connectivity index (χ3v) is 5.62. The Labute approximate surface area is 148 Å². The molecule has 1 heterocycles. The van der Waals surface area contributed by atoms with E-state index in [9.17, 15) is 18.0 Å².